The molecule has 1 fully saturated rings. The van der Waals surface area contributed by atoms with Crippen LogP contribution in [0.5, 0.6) is 5.75 Å². The van der Waals surface area contributed by atoms with Gasteiger partial charge in [0.2, 0.25) is 11.8 Å². The van der Waals surface area contributed by atoms with Crippen LogP contribution in [0.15, 0.2) is 24.3 Å². The number of hydrogen-bond donors (Lipinski definition) is 3. The van der Waals surface area contributed by atoms with Gasteiger partial charge in [0.15, 0.2) is 0 Å². The minimum Gasteiger partial charge on any atom is -0.497 e. The van der Waals surface area contributed by atoms with Gasteiger partial charge in [-0.2, -0.15) is 0 Å². The molecule has 7 heteroatoms. The van der Waals surface area contributed by atoms with Crippen molar-refractivity contribution in [1.29, 1.82) is 0 Å². The van der Waals surface area contributed by atoms with Crippen LogP contribution in [-0.2, 0) is 19.9 Å². The molecule has 7 nitrogen and oxygen atoms in total. The molecule has 0 aromatic heterocycles. The predicted octanol–water partition coefficient (Wildman–Crippen LogP) is 2.59. The second-order valence-corrected chi connectivity index (χ2v) is 7.78. The van der Waals surface area contributed by atoms with E-state index in [0.29, 0.717) is 11.3 Å². The third kappa shape index (κ3) is 5.97. The maximum Gasteiger partial charge on any atom is 0.306 e. The van der Waals surface area contributed by atoms with E-state index in [-0.39, 0.29) is 36.6 Å². The Morgan fingerprint density at radius 3 is 2.57 bits per heavy atom. The predicted molar refractivity (Wildman–Crippen MR) is 105 cm³/mol. The number of carboxylic acids is 1. The lowest BCUT2D eigenvalue weighted by Gasteiger charge is -2.31. The normalized spacial score (nSPS) is 17.4. The number of carboxylic acid groups (broad SMARTS) is 1. The highest BCUT2D eigenvalue weighted by Gasteiger charge is 2.32. The summed E-state index contributed by atoms with van der Waals surface area (Å²) in [5.74, 6) is -0.710. The summed E-state index contributed by atoms with van der Waals surface area (Å²) in [5, 5.41) is 15.1. The van der Waals surface area contributed by atoms with Crippen LogP contribution >= 0.6 is 0 Å². The van der Waals surface area contributed by atoms with Gasteiger partial charge in [-0.1, -0.05) is 25.0 Å². The Morgan fingerprint density at radius 2 is 1.96 bits per heavy atom. The van der Waals surface area contributed by atoms with Gasteiger partial charge < -0.3 is 20.5 Å². The summed E-state index contributed by atoms with van der Waals surface area (Å²) >= 11 is 0. The van der Waals surface area contributed by atoms with Crippen molar-refractivity contribution in [1.82, 2.24) is 10.6 Å². The molecule has 0 spiro atoms. The van der Waals surface area contributed by atoms with Crippen LogP contribution in [-0.4, -0.2) is 36.0 Å². The fourth-order valence-electron chi connectivity index (χ4n) is 3.72. The molecule has 0 saturated heterocycles. The summed E-state index contributed by atoms with van der Waals surface area (Å²) < 4.78 is 5.21. The smallest absolute Gasteiger partial charge is 0.306 e. The van der Waals surface area contributed by atoms with Crippen molar-refractivity contribution in [3.8, 4) is 5.75 Å². The molecule has 0 bridgehead atoms. The first kappa shape index (κ1) is 21.7. The Kier molecular flexibility index (Phi) is 7.43. The van der Waals surface area contributed by atoms with Crippen LogP contribution in [0.4, 0.5) is 0 Å². The van der Waals surface area contributed by atoms with Gasteiger partial charge in [0.25, 0.3) is 0 Å². The standard InChI is InChI=1S/C21H30N2O5/c1-14(22-20(27)15-7-4-5-8-15)11-18(24)23-21(2,13-19(25)26)16-9-6-10-17(12-16)28-3/h6,9-10,12,14-15H,4-5,7-8,11,13H2,1-3H3,(H,22,27)(H,23,24)(H,25,26). The van der Waals surface area contributed by atoms with E-state index in [2.05, 4.69) is 10.6 Å². The fraction of sp³-hybridized carbons (Fsp3) is 0.571. The van der Waals surface area contributed by atoms with Crippen molar-refractivity contribution in [2.45, 2.75) is 64.0 Å². The summed E-state index contributed by atoms with van der Waals surface area (Å²) in [5.41, 5.74) is -0.447. The summed E-state index contributed by atoms with van der Waals surface area (Å²) in [6, 6.07) is 6.66. The van der Waals surface area contributed by atoms with Crippen molar-refractivity contribution >= 4 is 17.8 Å². The van der Waals surface area contributed by atoms with E-state index in [1.54, 1.807) is 38.1 Å². The number of nitrogens with one attached hydrogen (secondary N) is 2. The SMILES string of the molecule is COc1cccc(C(C)(CC(=O)O)NC(=O)CC(C)NC(=O)C2CCCC2)c1. The number of ether oxygens (including phenoxy) is 1. The average Bonchev–Trinajstić information content (AvgIpc) is 3.15. The van der Waals surface area contributed by atoms with E-state index in [0.717, 1.165) is 25.7 Å². The molecule has 1 aliphatic rings. The Morgan fingerprint density at radius 1 is 1.29 bits per heavy atom. The third-order valence-electron chi connectivity index (χ3n) is 5.23. The molecule has 0 radical (unpaired) electrons. The topological polar surface area (TPSA) is 105 Å². The van der Waals surface area contributed by atoms with Gasteiger partial charge >= 0.3 is 5.97 Å². The number of benzene rings is 1. The van der Waals surface area contributed by atoms with Crippen LogP contribution in [0.2, 0.25) is 0 Å². The van der Waals surface area contributed by atoms with Crippen molar-refractivity contribution in [3.63, 3.8) is 0 Å². The van der Waals surface area contributed by atoms with Crippen LogP contribution in [0, 0.1) is 5.92 Å². The number of hydrogen-bond acceptors (Lipinski definition) is 4. The summed E-state index contributed by atoms with van der Waals surface area (Å²) in [7, 11) is 1.53. The number of aliphatic carboxylic acids is 1. The van der Waals surface area contributed by atoms with Crippen LogP contribution in [0.25, 0.3) is 0 Å². The third-order valence-corrected chi connectivity index (χ3v) is 5.23. The Hall–Kier alpha value is -2.57. The molecule has 0 heterocycles. The number of rotatable bonds is 9. The minimum absolute atomic E-state index is 0.00102. The van der Waals surface area contributed by atoms with Gasteiger partial charge in [-0.3, -0.25) is 14.4 Å². The van der Waals surface area contributed by atoms with E-state index >= 15 is 0 Å². The van der Waals surface area contributed by atoms with Gasteiger partial charge in [0.05, 0.1) is 19.1 Å². The summed E-state index contributed by atoms with van der Waals surface area (Å²) in [6.07, 6.45) is 3.75. The highest BCUT2D eigenvalue weighted by Crippen LogP contribution is 2.28. The zero-order valence-electron chi connectivity index (χ0n) is 16.8. The lowest BCUT2D eigenvalue weighted by atomic mass is 9.88. The molecule has 28 heavy (non-hydrogen) atoms. The molecule has 2 amide bonds. The van der Waals surface area contributed by atoms with Crippen LogP contribution in [0.3, 0.4) is 0 Å². The average molecular weight is 390 g/mol. The lowest BCUT2D eigenvalue weighted by Crippen LogP contribution is -2.47. The molecule has 2 rings (SSSR count). The molecule has 3 N–H and O–H groups in total. The van der Waals surface area contributed by atoms with Crippen LogP contribution in [0.1, 0.15) is 57.9 Å². The first-order valence-corrected chi connectivity index (χ1v) is 9.71. The zero-order chi connectivity index (χ0) is 20.7. The van der Waals surface area contributed by atoms with Gasteiger partial charge in [-0.15, -0.1) is 0 Å². The van der Waals surface area contributed by atoms with E-state index in [1.165, 1.54) is 7.11 Å². The quantitative estimate of drug-likeness (QED) is 0.601. The molecule has 1 aromatic rings. The highest BCUT2D eigenvalue weighted by atomic mass is 16.5. The highest BCUT2D eigenvalue weighted by molar-refractivity contribution is 5.82. The van der Waals surface area contributed by atoms with Crippen molar-refractivity contribution < 1.29 is 24.2 Å². The van der Waals surface area contributed by atoms with Gasteiger partial charge in [-0.05, 0) is 44.4 Å². The molecule has 2 unspecified atom stereocenters. The van der Waals surface area contributed by atoms with E-state index in [4.69, 9.17) is 4.74 Å². The van der Waals surface area contributed by atoms with Gasteiger partial charge in [-0.25, -0.2) is 0 Å². The molecular weight excluding hydrogens is 360 g/mol. The molecule has 1 saturated carbocycles. The monoisotopic (exact) mass is 390 g/mol. The number of carbonyl (C=O) groups excluding carboxylic acids is 2. The number of carbonyl (C=O) groups is 3. The van der Waals surface area contributed by atoms with Crippen molar-refractivity contribution in [2.24, 2.45) is 5.92 Å². The number of methoxy groups -OCH3 is 1. The maximum absolute atomic E-state index is 12.6. The molecule has 1 aliphatic carbocycles. The number of amides is 2. The molecule has 1 aromatic carbocycles. The molecule has 2 atom stereocenters. The molecule has 0 aliphatic heterocycles. The Bertz CT molecular complexity index is 715. The molecular formula is C21H30N2O5. The van der Waals surface area contributed by atoms with Gasteiger partial charge in [0.1, 0.15) is 5.75 Å². The van der Waals surface area contributed by atoms with Crippen molar-refractivity contribution in [3.05, 3.63) is 29.8 Å². The van der Waals surface area contributed by atoms with Crippen LogP contribution < -0.4 is 15.4 Å². The van der Waals surface area contributed by atoms with E-state index in [1.807, 2.05) is 0 Å². The molecule has 154 valence electrons. The second-order valence-electron chi connectivity index (χ2n) is 7.78. The summed E-state index contributed by atoms with van der Waals surface area (Å²) in [6.45, 7) is 3.46. The minimum atomic E-state index is -1.09. The first-order valence-electron chi connectivity index (χ1n) is 9.71. The van der Waals surface area contributed by atoms with E-state index < -0.39 is 11.5 Å². The summed E-state index contributed by atoms with van der Waals surface area (Å²) in [4.78, 5) is 36.2. The van der Waals surface area contributed by atoms with Gasteiger partial charge in [0, 0.05) is 18.4 Å². The lowest BCUT2D eigenvalue weighted by molar-refractivity contribution is -0.139. The maximum atomic E-state index is 12.6. The van der Waals surface area contributed by atoms with Crippen molar-refractivity contribution in [2.75, 3.05) is 7.11 Å². The largest absolute Gasteiger partial charge is 0.497 e. The second kappa shape index (κ2) is 9.57. The van der Waals surface area contributed by atoms with E-state index in [9.17, 15) is 19.5 Å². The fourth-order valence-corrected chi connectivity index (χ4v) is 3.72. The Labute approximate surface area is 165 Å². The zero-order valence-corrected chi connectivity index (χ0v) is 16.8. The first-order chi connectivity index (χ1) is 13.2. The Balaban J connectivity index is 2.03.